The van der Waals surface area contributed by atoms with Crippen LogP contribution in [0.4, 0.5) is 27.8 Å². The molecule has 2 aromatic rings. The second kappa shape index (κ2) is 8.58. The Morgan fingerprint density at radius 3 is 2.55 bits per heavy atom. The van der Waals surface area contributed by atoms with Crippen molar-refractivity contribution in [1.29, 1.82) is 0 Å². The fraction of sp³-hybridized carbons (Fsp3) is 0.381. The lowest BCUT2D eigenvalue weighted by atomic mass is 9.83. The van der Waals surface area contributed by atoms with Gasteiger partial charge in [0.05, 0.1) is 11.5 Å². The highest BCUT2D eigenvalue weighted by Gasteiger charge is 2.45. The number of amides is 1. The van der Waals surface area contributed by atoms with Gasteiger partial charge in [0, 0.05) is 31.6 Å². The van der Waals surface area contributed by atoms with Crippen molar-refractivity contribution in [3.8, 4) is 0 Å². The quantitative estimate of drug-likeness (QED) is 0.581. The third-order valence-electron chi connectivity index (χ3n) is 5.66. The van der Waals surface area contributed by atoms with Crippen LogP contribution in [0.15, 0.2) is 47.7 Å². The van der Waals surface area contributed by atoms with E-state index >= 15 is 0 Å². The standard InChI is InChI=1S/C21H21F5N6O/c1-32-30-18(29-31-32)13-4-2-12(3-5-13)17(14-6-8-20(22,23)11-14)19(33)28-16-10-15(7-9-27-16)21(24,25)26/h2-5,7,9-10,14,17,31H,6,8,11H2,1H3,(H,29,30)(H,27,28,33)/t14-,17+/m0/s1. The molecule has 0 radical (unpaired) electrons. The minimum atomic E-state index is -4.61. The summed E-state index contributed by atoms with van der Waals surface area (Å²) >= 11 is 0. The van der Waals surface area contributed by atoms with Crippen molar-refractivity contribution in [2.45, 2.75) is 37.3 Å². The van der Waals surface area contributed by atoms with Gasteiger partial charge in [-0.3, -0.25) is 10.2 Å². The molecule has 1 aliphatic heterocycles. The molecule has 2 aliphatic rings. The summed E-state index contributed by atoms with van der Waals surface area (Å²) in [6.07, 6.45) is -4.38. The molecule has 3 N–H and O–H groups in total. The monoisotopic (exact) mass is 468 g/mol. The van der Waals surface area contributed by atoms with E-state index in [1.54, 1.807) is 31.3 Å². The summed E-state index contributed by atoms with van der Waals surface area (Å²) in [6, 6.07) is 8.16. The number of alkyl halides is 5. The maximum Gasteiger partial charge on any atom is 0.416 e. The third-order valence-corrected chi connectivity index (χ3v) is 5.66. The van der Waals surface area contributed by atoms with Crippen molar-refractivity contribution in [1.82, 2.24) is 21.1 Å². The van der Waals surface area contributed by atoms with Crippen LogP contribution in [0.1, 0.15) is 41.9 Å². The molecule has 176 valence electrons. The van der Waals surface area contributed by atoms with E-state index in [1.807, 2.05) is 0 Å². The number of hydrazone groups is 1. The Morgan fingerprint density at radius 2 is 1.97 bits per heavy atom. The summed E-state index contributed by atoms with van der Waals surface area (Å²) in [4.78, 5) is 16.9. The van der Waals surface area contributed by atoms with Gasteiger partial charge in [-0.2, -0.15) is 13.2 Å². The van der Waals surface area contributed by atoms with Gasteiger partial charge in [-0.25, -0.2) is 18.9 Å². The SMILES string of the molecule is CN1N=C(c2ccc([C@@H](C(=O)Nc3cc(C(F)(F)F)ccn3)[C@H]3CCC(F)(F)C3)cc2)NN1. The highest BCUT2D eigenvalue weighted by Crippen LogP contribution is 2.46. The number of carbonyl (C=O) groups is 1. The number of aromatic nitrogens is 1. The van der Waals surface area contributed by atoms with Crippen LogP contribution in [0.5, 0.6) is 0 Å². The molecule has 7 nitrogen and oxygen atoms in total. The number of halogens is 5. The topological polar surface area (TPSA) is 81.7 Å². The Hall–Kier alpha value is -3.28. The highest BCUT2D eigenvalue weighted by atomic mass is 19.4. The average Bonchev–Trinajstić information content (AvgIpc) is 3.33. The van der Waals surface area contributed by atoms with E-state index in [4.69, 9.17) is 0 Å². The Balaban J connectivity index is 1.60. The van der Waals surface area contributed by atoms with E-state index in [9.17, 15) is 26.7 Å². The Kier molecular flexibility index (Phi) is 5.95. The van der Waals surface area contributed by atoms with Gasteiger partial charge in [-0.05, 0) is 30.0 Å². The van der Waals surface area contributed by atoms with Gasteiger partial charge in [0.25, 0.3) is 0 Å². The summed E-state index contributed by atoms with van der Waals surface area (Å²) in [5, 5.41) is 8.04. The summed E-state index contributed by atoms with van der Waals surface area (Å²) in [7, 11) is 1.69. The van der Waals surface area contributed by atoms with Crippen LogP contribution in [0.25, 0.3) is 0 Å². The largest absolute Gasteiger partial charge is 0.416 e. The lowest BCUT2D eigenvalue weighted by molar-refractivity contribution is -0.137. The molecule has 12 heteroatoms. The molecule has 0 saturated heterocycles. The molecule has 1 fully saturated rings. The van der Waals surface area contributed by atoms with Crippen LogP contribution in [0, 0.1) is 5.92 Å². The predicted molar refractivity (Wildman–Crippen MR) is 110 cm³/mol. The van der Waals surface area contributed by atoms with Crippen molar-refractivity contribution < 1.29 is 26.7 Å². The van der Waals surface area contributed by atoms with Crippen molar-refractivity contribution in [2.24, 2.45) is 11.0 Å². The number of anilines is 1. The molecule has 33 heavy (non-hydrogen) atoms. The molecule has 1 aliphatic carbocycles. The van der Waals surface area contributed by atoms with Crippen LogP contribution in [0.2, 0.25) is 0 Å². The summed E-state index contributed by atoms with van der Waals surface area (Å²) in [5.41, 5.74) is 5.83. The fourth-order valence-corrected chi connectivity index (χ4v) is 4.10. The first-order valence-corrected chi connectivity index (χ1v) is 10.2. The molecule has 1 amide bonds. The molecule has 0 bridgehead atoms. The van der Waals surface area contributed by atoms with Gasteiger partial charge < -0.3 is 5.32 Å². The Morgan fingerprint density at radius 1 is 1.24 bits per heavy atom. The Labute approximate surface area is 186 Å². The first-order chi connectivity index (χ1) is 15.5. The molecule has 2 heterocycles. The molecule has 0 spiro atoms. The summed E-state index contributed by atoms with van der Waals surface area (Å²) in [5.74, 6) is -4.99. The lowest BCUT2D eigenvalue weighted by Crippen LogP contribution is -2.36. The minimum absolute atomic E-state index is 0.117. The first-order valence-electron chi connectivity index (χ1n) is 10.2. The number of amidine groups is 1. The van der Waals surface area contributed by atoms with Gasteiger partial charge in [0.15, 0.2) is 5.84 Å². The first kappa shape index (κ1) is 22.9. The smallest absolute Gasteiger partial charge is 0.310 e. The molecule has 4 rings (SSSR count). The number of carbonyl (C=O) groups excluding carboxylic acids is 1. The normalized spacial score (nSPS) is 20.8. The van der Waals surface area contributed by atoms with Gasteiger partial charge in [-0.15, -0.1) is 10.6 Å². The second-order valence-electron chi connectivity index (χ2n) is 8.08. The highest BCUT2D eigenvalue weighted by molar-refractivity contribution is 5.99. The number of pyridine rings is 1. The van der Waals surface area contributed by atoms with Gasteiger partial charge in [0.1, 0.15) is 5.82 Å². The zero-order chi connectivity index (χ0) is 23.8. The number of nitrogens with zero attached hydrogens (tertiary/aromatic N) is 3. The fourth-order valence-electron chi connectivity index (χ4n) is 4.10. The molecule has 1 saturated carbocycles. The van der Waals surface area contributed by atoms with E-state index < -0.39 is 41.8 Å². The van der Waals surface area contributed by atoms with Gasteiger partial charge in [0.2, 0.25) is 11.8 Å². The van der Waals surface area contributed by atoms with E-state index in [-0.39, 0.29) is 18.7 Å². The predicted octanol–water partition coefficient (Wildman–Crippen LogP) is 3.87. The average molecular weight is 468 g/mol. The number of hydrazine groups is 2. The van der Waals surface area contributed by atoms with E-state index in [1.165, 1.54) is 5.12 Å². The van der Waals surface area contributed by atoms with Gasteiger partial charge in [-0.1, -0.05) is 24.3 Å². The molecule has 1 aromatic heterocycles. The second-order valence-corrected chi connectivity index (χ2v) is 8.08. The molecular weight excluding hydrogens is 447 g/mol. The van der Waals surface area contributed by atoms with Gasteiger partial charge >= 0.3 is 6.18 Å². The molecule has 2 atom stereocenters. The van der Waals surface area contributed by atoms with E-state index in [0.717, 1.165) is 12.3 Å². The van der Waals surface area contributed by atoms with Crippen molar-refractivity contribution in [3.63, 3.8) is 0 Å². The lowest BCUT2D eigenvalue weighted by Gasteiger charge is -2.23. The zero-order valence-electron chi connectivity index (χ0n) is 17.5. The molecule has 1 aromatic carbocycles. The van der Waals surface area contributed by atoms with E-state index in [0.29, 0.717) is 23.0 Å². The number of rotatable bonds is 5. The van der Waals surface area contributed by atoms with Crippen LogP contribution in [0.3, 0.4) is 0 Å². The van der Waals surface area contributed by atoms with Crippen LogP contribution >= 0.6 is 0 Å². The maximum absolute atomic E-state index is 13.9. The molecule has 0 unspecified atom stereocenters. The van der Waals surface area contributed by atoms with Crippen LogP contribution < -0.4 is 16.3 Å². The number of benzene rings is 1. The number of hydrogen-bond acceptors (Lipinski definition) is 6. The van der Waals surface area contributed by atoms with Crippen LogP contribution in [-0.2, 0) is 11.0 Å². The van der Waals surface area contributed by atoms with Crippen LogP contribution in [-0.4, -0.2) is 34.8 Å². The van der Waals surface area contributed by atoms with Crippen molar-refractivity contribution in [2.75, 3.05) is 12.4 Å². The van der Waals surface area contributed by atoms with Crippen molar-refractivity contribution >= 4 is 17.6 Å². The van der Waals surface area contributed by atoms with E-state index in [2.05, 4.69) is 26.4 Å². The van der Waals surface area contributed by atoms with Crippen molar-refractivity contribution in [3.05, 3.63) is 59.3 Å². The zero-order valence-corrected chi connectivity index (χ0v) is 17.5. The number of hydrogen-bond donors (Lipinski definition) is 3. The maximum atomic E-state index is 13.9. The molecular formula is C21H21F5N6O. The third kappa shape index (κ3) is 5.21. The summed E-state index contributed by atoms with van der Waals surface area (Å²) in [6.45, 7) is 0. The number of nitrogens with one attached hydrogen (secondary N) is 3. The minimum Gasteiger partial charge on any atom is -0.310 e. The Bertz CT molecular complexity index is 1060. The summed E-state index contributed by atoms with van der Waals surface area (Å²) < 4.78 is 66.9.